The lowest BCUT2D eigenvalue weighted by Gasteiger charge is -2.19. The van der Waals surface area contributed by atoms with Crippen molar-refractivity contribution in [3.05, 3.63) is 0 Å². The molecular formula is C12H21NO2. The first-order chi connectivity index (χ1) is 6.60. The van der Waals surface area contributed by atoms with E-state index in [0.29, 0.717) is 6.54 Å². The van der Waals surface area contributed by atoms with Crippen molar-refractivity contribution in [2.24, 2.45) is 5.41 Å². The molecule has 0 rings (SSSR count). The summed E-state index contributed by atoms with van der Waals surface area (Å²) in [5.74, 6) is 5.90. The molecule has 15 heavy (non-hydrogen) atoms. The molecule has 0 bridgehead atoms. The number of ether oxygens (including phenoxy) is 1. The summed E-state index contributed by atoms with van der Waals surface area (Å²) in [5, 5.41) is 2.58. The van der Waals surface area contributed by atoms with Gasteiger partial charge in [0.15, 0.2) is 0 Å². The number of nitrogens with one attached hydrogen (secondary N) is 1. The molecule has 1 N–H and O–H groups in total. The summed E-state index contributed by atoms with van der Waals surface area (Å²) >= 11 is 0. The van der Waals surface area contributed by atoms with Crippen LogP contribution in [0.4, 0.5) is 4.79 Å². The summed E-state index contributed by atoms with van der Waals surface area (Å²) in [5.41, 5.74) is -0.489. The highest BCUT2D eigenvalue weighted by Gasteiger charge is 2.15. The summed E-state index contributed by atoms with van der Waals surface area (Å²) in [6.07, 6.45) is -0.425. The summed E-state index contributed by atoms with van der Waals surface area (Å²) in [6.45, 7) is 11.9. The maximum Gasteiger partial charge on any atom is 0.408 e. The molecule has 3 nitrogen and oxygen atoms in total. The van der Waals surface area contributed by atoms with Crippen LogP contribution in [0.15, 0.2) is 0 Å². The van der Waals surface area contributed by atoms with E-state index in [1.54, 1.807) is 0 Å². The highest BCUT2D eigenvalue weighted by molar-refractivity contribution is 5.67. The van der Waals surface area contributed by atoms with E-state index in [1.807, 2.05) is 41.5 Å². The van der Waals surface area contributed by atoms with Crippen LogP contribution in [-0.4, -0.2) is 18.2 Å². The van der Waals surface area contributed by atoms with Gasteiger partial charge < -0.3 is 10.1 Å². The van der Waals surface area contributed by atoms with Crippen molar-refractivity contribution in [3.63, 3.8) is 0 Å². The van der Waals surface area contributed by atoms with Crippen molar-refractivity contribution in [1.29, 1.82) is 0 Å². The van der Waals surface area contributed by atoms with Crippen molar-refractivity contribution in [3.8, 4) is 11.8 Å². The molecule has 0 atom stereocenters. The smallest absolute Gasteiger partial charge is 0.408 e. The maximum atomic E-state index is 11.2. The number of carbonyl (C=O) groups is 1. The Morgan fingerprint density at radius 1 is 1.20 bits per heavy atom. The third kappa shape index (κ3) is 10.8. The zero-order chi connectivity index (χ0) is 12.1. The molecule has 0 aromatic rings. The van der Waals surface area contributed by atoms with Gasteiger partial charge in [-0.3, -0.25) is 0 Å². The third-order valence-electron chi connectivity index (χ3n) is 1.18. The van der Waals surface area contributed by atoms with Crippen molar-refractivity contribution in [2.45, 2.75) is 47.1 Å². The fourth-order valence-corrected chi connectivity index (χ4v) is 0.740. The second-order valence-corrected chi connectivity index (χ2v) is 5.41. The van der Waals surface area contributed by atoms with Gasteiger partial charge in [-0.25, -0.2) is 4.79 Å². The van der Waals surface area contributed by atoms with Crippen LogP contribution in [0.25, 0.3) is 0 Å². The number of hydrogen-bond acceptors (Lipinski definition) is 2. The molecule has 0 aromatic heterocycles. The molecule has 0 saturated heterocycles. The van der Waals surface area contributed by atoms with E-state index in [4.69, 9.17) is 4.74 Å². The van der Waals surface area contributed by atoms with Gasteiger partial charge in [0.1, 0.15) is 5.60 Å². The molecular weight excluding hydrogens is 190 g/mol. The Morgan fingerprint density at radius 3 is 2.13 bits per heavy atom. The first kappa shape index (κ1) is 13.8. The van der Waals surface area contributed by atoms with Gasteiger partial charge in [0, 0.05) is 5.41 Å². The Hall–Kier alpha value is -1.17. The summed E-state index contributed by atoms with van der Waals surface area (Å²) in [4.78, 5) is 11.2. The molecule has 3 heteroatoms. The number of hydrogen-bond donors (Lipinski definition) is 1. The highest BCUT2D eigenvalue weighted by Crippen LogP contribution is 2.09. The fourth-order valence-electron chi connectivity index (χ4n) is 0.740. The minimum Gasteiger partial charge on any atom is -0.444 e. The van der Waals surface area contributed by atoms with E-state index in [0.717, 1.165) is 0 Å². The molecule has 0 unspecified atom stereocenters. The number of rotatable bonds is 1. The van der Waals surface area contributed by atoms with Crippen LogP contribution in [-0.2, 0) is 4.74 Å². The molecule has 0 saturated carbocycles. The number of alkyl carbamates (subject to hydrolysis) is 1. The Kier molecular flexibility index (Phi) is 4.67. The van der Waals surface area contributed by atoms with Crippen molar-refractivity contribution < 1.29 is 9.53 Å². The van der Waals surface area contributed by atoms with Crippen LogP contribution >= 0.6 is 0 Å². The van der Waals surface area contributed by atoms with Gasteiger partial charge in [-0.05, 0) is 41.5 Å². The molecule has 0 aliphatic heterocycles. The van der Waals surface area contributed by atoms with Crippen LogP contribution in [0.3, 0.4) is 0 Å². The van der Waals surface area contributed by atoms with Crippen LogP contribution in [0, 0.1) is 17.3 Å². The predicted octanol–water partition coefficient (Wildman–Crippen LogP) is 2.56. The second-order valence-electron chi connectivity index (χ2n) is 5.41. The standard InChI is InChI=1S/C12H21NO2/c1-11(2,3)8-7-9-13-10(14)15-12(4,5)6/h9H2,1-6H3,(H,13,14). The SMILES string of the molecule is CC(C)(C)C#CCNC(=O)OC(C)(C)C. The lowest BCUT2D eigenvalue weighted by molar-refractivity contribution is 0.0535. The van der Waals surface area contributed by atoms with Gasteiger partial charge in [-0.2, -0.15) is 0 Å². The summed E-state index contributed by atoms with van der Waals surface area (Å²) in [6, 6.07) is 0. The predicted molar refractivity (Wildman–Crippen MR) is 61.5 cm³/mol. The Labute approximate surface area is 92.6 Å². The molecule has 0 aliphatic rings. The van der Waals surface area contributed by atoms with E-state index in [2.05, 4.69) is 17.2 Å². The van der Waals surface area contributed by atoms with Gasteiger partial charge in [0.2, 0.25) is 0 Å². The quantitative estimate of drug-likeness (QED) is 0.677. The van der Waals surface area contributed by atoms with Crippen molar-refractivity contribution >= 4 is 6.09 Å². The molecule has 0 aliphatic carbocycles. The van der Waals surface area contributed by atoms with Gasteiger partial charge in [-0.1, -0.05) is 11.8 Å². The van der Waals surface area contributed by atoms with E-state index < -0.39 is 11.7 Å². The van der Waals surface area contributed by atoms with Crippen molar-refractivity contribution in [2.75, 3.05) is 6.54 Å². The van der Waals surface area contributed by atoms with E-state index in [9.17, 15) is 4.79 Å². The molecule has 86 valence electrons. The van der Waals surface area contributed by atoms with Crippen molar-refractivity contribution in [1.82, 2.24) is 5.32 Å². The van der Waals surface area contributed by atoms with Gasteiger partial charge in [0.25, 0.3) is 0 Å². The zero-order valence-corrected chi connectivity index (χ0v) is 10.5. The lowest BCUT2D eigenvalue weighted by Crippen LogP contribution is -2.32. The number of carbonyl (C=O) groups excluding carboxylic acids is 1. The van der Waals surface area contributed by atoms with E-state index in [1.165, 1.54) is 0 Å². The Morgan fingerprint density at radius 2 is 1.73 bits per heavy atom. The van der Waals surface area contributed by atoms with Gasteiger partial charge >= 0.3 is 6.09 Å². The van der Waals surface area contributed by atoms with Crippen LogP contribution in [0.5, 0.6) is 0 Å². The Balaban J connectivity index is 3.87. The van der Waals surface area contributed by atoms with Crippen LogP contribution in [0.1, 0.15) is 41.5 Å². The summed E-state index contributed by atoms with van der Waals surface area (Å²) in [7, 11) is 0. The molecule has 0 aromatic carbocycles. The zero-order valence-electron chi connectivity index (χ0n) is 10.5. The minimum absolute atomic E-state index is 0.0321. The monoisotopic (exact) mass is 211 g/mol. The second kappa shape index (κ2) is 5.06. The van der Waals surface area contributed by atoms with Crippen LogP contribution in [0.2, 0.25) is 0 Å². The third-order valence-corrected chi connectivity index (χ3v) is 1.18. The average molecular weight is 211 g/mol. The molecule has 0 spiro atoms. The molecule has 0 heterocycles. The Bertz CT molecular complexity index is 271. The lowest BCUT2D eigenvalue weighted by atomic mass is 9.98. The van der Waals surface area contributed by atoms with E-state index >= 15 is 0 Å². The largest absolute Gasteiger partial charge is 0.444 e. The first-order valence-corrected chi connectivity index (χ1v) is 5.07. The van der Waals surface area contributed by atoms with Gasteiger partial charge in [-0.15, -0.1) is 0 Å². The molecule has 0 radical (unpaired) electrons. The molecule has 1 amide bonds. The topological polar surface area (TPSA) is 38.3 Å². The summed E-state index contributed by atoms with van der Waals surface area (Å²) < 4.78 is 5.05. The normalized spacial score (nSPS) is 11.3. The molecule has 0 fully saturated rings. The fraction of sp³-hybridized carbons (Fsp3) is 0.750. The minimum atomic E-state index is -0.457. The highest BCUT2D eigenvalue weighted by atomic mass is 16.6. The maximum absolute atomic E-state index is 11.2. The van der Waals surface area contributed by atoms with E-state index in [-0.39, 0.29) is 5.41 Å². The average Bonchev–Trinajstić information content (AvgIpc) is 1.92. The first-order valence-electron chi connectivity index (χ1n) is 5.07. The van der Waals surface area contributed by atoms with Gasteiger partial charge in [0.05, 0.1) is 6.54 Å². The van der Waals surface area contributed by atoms with Crippen LogP contribution < -0.4 is 5.32 Å². The number of amides is 1.